The van der Waals surface area contributed by atoms with Crippen molar-refractivity contribution in [2.75, 3.05) is 13.2 Å². The lowest BCUT2D eigenvalue weighted by Gasteiger charge is -2.41. The van der Waals surface area contributed by atoms with Crippen LogP contribution in [0.15, 0.2) is 24.3 Å². The van der Waals surface area contributed by atoms with Gasteiger partial charge in [0, 0.05) is 6.42 Å². The number of ether oxygens (including phenoxy) is 2. The molecule has 1 aliphatic rings. The molecule has 0 bridgehead atoms. The number of carbonyl (C=O) groups is 2. The van der Waals surface area contributed by atoms with Crippen molar-refractivity contribution in [2.45, 2.75) is 92.4 Å². The van der Waals surface area contributed by atoms with E-state index in [1.807, 2.05) is 6.08 Å². The van der Waals surface area contributed by atoms with E-state index in [-0.39, 0.29) is 30.2 Å². The highest BCUT2D eigenvalue weighted by atomic mass is 16.5. The molecule has 0 aromatic rings. The molecule has 0 aromatic carbocycles. The fraction of sp³-hybridized carbons (Fsp3) is 0.778. The van der Waals surface area contributed by atoms with Gasteiger partial charge >= 0.3 is 11.9 Å². The summed E-state index contributed by atoms with van der Waals surface area (Å²) in [7, 11) is 0. The van der Waals surface area contributed by atoms with E-state index in [4.69, 9.17) is 9.47 Å². The first-order valence-electron chi connectivity index (χ1n) is 12.5. The Morgan fingerprint density at radius 2 is 1.52 bits per heavy atom. The SMILES string of the molecule is CC/C=C\CCOC(=O)CCC(C(=O)OCC/C=C\CC)[C@H]1C[C@@H](C)CC[C@@H]1C(C)C. The minimum absolute atomic E-state index is 0.131. The second-order valence-electron chi connectivity index (χ2n) is 9.36. The lowest BCUT2D eigenvalue weighted by atomic mass is 9.64. The van der Waals surface area contributed by atoms with E-state index in [1.165, 1.54) is 6.42 Å². The van der Waals surface area contributed by atoms with Gasteiger partial charge in [0.15, 0.2) is 0 Å². The molecule has 4 nitrogen and oxygen atoms in total. The van der Waals surface area contributed by atoms with Crippen molar-refractivity contribution < 1.29 is 19.1 Å². The summed E-state index contributed by atoms with van der Waals surface area (Å²) in [5.41, 5.74) is 0. The fourth-order valence-corrected chi connectivity index (χ4v) is 4.74. The highest BCUT2D eigenvalue weighted by molar-refractivity contribution is 5.75. The van der Waals surface area contributed by atoms with Crippen LogP contribution in [0.3, 0.4) is 0 Å². The Bertz CT molecular complexity index is 564. The van der Waals surface area contributed by atoms with Gasteiger partial charge in [-0.05, 0) is 68.6 Å². The highest BCUT2D eigenvalue weighted by Gasteiger charge is 2.39. The normalized spacial score (nSPS) is 22.8. The van der Waals surface area contributed by atoms with Crippen molar-refractivity contribution in [1.29, 1.82) is 0 Å². The molecule has 0 heterocycles. The van der Waals surface area contributed by atoms with Crippen LogP contribution in [-0.2, 0) is 19.1 Å². The van der Waals surface area contributed by atoms with Crippen LogP contribution in [-0.4, -0.2) is 25.2 Å². The molecule has 0 amide bonds. The minimum atomic E-state index is -0.224. The standard InChI is InChI=1S/C27H46O4/c1-6-8-10-12-18-30-26(28)17-16-24(27(29)31-19-13-11-9-7-2)25-20-22(5)14-15-23(25)21(3)4/h8-11,21-25H,6-7,12-20H2,1-5H3/b10-8-,11-9-/t22-,23+,24?,25-/m0/s1. The first-order chi connectivity index (χ1) is 14.9. The van der Waals surface area contributed by atoms with Gasteiger partial charge in [0.1, 0.15) is 0 Å². The van der Waals surface area contributed by atoms with Gasteiger partial charge in [-0.2, -0.15) is 0 Å². The summed E-state index contributed by atoms with van der Waals surface area (Å²) in [5, 5.41) is 0. The van der Waals surface area contributed by atoms with Crippen LogP contribution in [0.5, 0.6) is 0 Å². The van der Waals surface area contributed by atoms with E-state index in [9.17, 15) is 9.59 Å². The minimum Gasteiger partial charge on any atom is -0.465 e. The number of hydrogen-bond donors (Lipinski definition) is 0. The number of esters is 2. The molecule has 0 spiro atoms. The summed E-state index contributed by atoms with van der Waals surface area (Å²) in [4.78, 5) is 25.4. The third kappa shape index (κ3) is 11.0. The maximum atomic E-state index is 13.1. The molecule has 178 valence electrons. The molecule has 0 saturated heterocycles. The van der Waals surface area contributed by atoms with Crippen molar-refractivity contribution >= 4 is 11.9 Å². The summed E-state index contributed by atoms with van der Waals surface area (Å²) < 4.78 is 11.0. The average Bonchev–Trinajstić information content (AvgIpc) is 2.73. The van der Waals surface area contributed by atoms with Crippen LogP contribution >= 0.6 is 0 Å². The molecule has 1 fully saturated rings. The van der Waals surface area contributed by atoms with Crippen LogP contribution in [0.4, 0.5) is 0 Å². The Hall–Kier alpha value is -1.58. The molecule has 0 aromatic heterocycles. The van der Waals surface area contributed by atoms with Crippen molar-refractivity contribution in [3.63, 3.8) is 0 Å². The summed E-state index contributed by atoms with van der Waals surface area (Å²) in [6, 6.07) is 0. The molecule has 4 atom stereocenters. The third-order valence-electron chi connectivity index (χ3n) is 6.43. The van der Waals surface area contributed by atoms with Crippen molar-refractivity contribution in [1.82, 2.24) is 0 Å². The molecule has 4 heteroatoms. The summed E-state index contributed by atoms with van der Waals surface area (Å²) in [6.45, 7) is 11.8. The predicted molar refractivity (Wildman–Crippen MR) is 128 cm³/mol. The van der Waals surface area contributed by atoms with Crippen LogP contribution < -0.4 is 0 Å². The van der Waals surface area contributed by atoms with Gasteiger partial charge < -0.3 is 9.47 Å². The van der Waals surface area contributed by atoms with Crippen molar-refractivity contribution in [3.8, 4) is 0 Å². The van der Waals surface area contributed by atoms with Gasteiger partial charge in [-0.25, -0.2) is 0 Å². The first kappa shape index (κ1) is 27.5. The lowest BCUT2D eigenvalue weighted by molar-refractivity contribution is -0.154. The fourth-order valence-electron chi connectivity index (χ4n) is 4.74. The van der Waals surface area contributed by atoms with Gasteiger partial charge in [0.05, 0.1) is 19.1 Å². The Morgan fingerprint density at radius 1 is 0.903 bits per heavy atom. The Balaban J connectivity index is 2.74. The molecule has 0 radical (unpaired) electrons. The molecule has 0 N–H and O–H groups in total. The molecule has 0 aliphatic heterocycles. The third-order valence-corrected chi connectivity index (χ3v) is 6.43. The van der Waals surface area contributed by atoms with E-state index in [2.05, 4.69) is 52.8 Å². The number of hydrogen-bond acceptors (Lipinski definition) is 4. The van der Waals surface area contributed by atoms with Gasteiger partial charge in [-0.1, -0.05) is 65.3 Å². The summed E-state index contributed by atoms with van der Waals surface area (Å²) >= 11 is 0. The second kappa shape index (κ2) is 16.1. The lowest BCUT2D eigenvalue weighted by Crippen LogP contribution is -2.37. The quantitative estimate of drug-likeness (QED) is 0.170. The number of rotatable bonds is 14. The van der Waals surface area contributed by atoms with Crippen LogP contribution in [0, 0.1) is 29.6 Å². The monoisotopic (exact) mass is 434 g/mol. The topological polar surface area (TPSA) is 52.6 Å². The molecule has 1 aliphatic carbocycles. The molecule has 1 rings (SSSR count). The average molecular weight is 435 g/mol. The van der Waals surface area contributed by atoms with Crippen LogP contribution in [0.25, 0.3) is 0 Å². The highest BCUT2D eigenvalue weighted by Crippen LogP contribution is 2.43. The van der Waals surface area contributed by atoms with Gasteiger partial charge in [0.2, 0.25) is 0 Å². The Morgan fingerprint density at radius 3 is 2.10 bits per heavy atom. The van der Waals surface area contributed by atoms with E-state index >= 15 is 0 Å². The van der Waals surface area contributed by atoms with E-state index in [1.54, 1.807) is 0 Å². The number of allylic oxidation sites excluding steroid dienone is 2. The van der Waals surface area contributed by atoms with E-state index in [0.717, 1.165) is 38.5 Å². The summed E-state index contributed by atoms with van der Waals surface area (Å²) in [5.74, 6) is 1.36. The smallest absolute Gasteiger partial charge is 0.309 e. The molecule has 31 heavy (non-hydrogen) atoms. The molecule has 1 saturated carbocycles. The van der Waals surface area contributed by atoms with Gasteiger partial charge in [-0.15, -0.1) is 0 Å². The zero-order chi connectivity index (χ0) is 23.1. The van der Waals surface area contributed by atoms with Crippen LogP contribution in [0.1, 0.15) is 92.4 Å². The molecule has 1 unspecified atom stereocenters. The van der Waals surface area contributed by atoms with E-state index in [0.29, 0.717) is 37.4 Å². The maximum Gasteiger partial charge on any atom is 0.309 e. The van der Waals surface area contributed by atoms with Crippen molar-refractivity contribution in [3.05, 3.63) is 24.3 Å². The maximum absolute atomic E-state index is 13.1. The Kier molecular flexibility index (Phi) is 14.3. The van der Waals surface area contributed by atoms with E-state index < -0.39 is 0 Å². The van der Waals surface area contributed by atoms with Crippen molar-refractivity contribution in [2.24, 2.45) is 29.6 Å². The number of carbonyl (C=O) groups excluding carboxylic acids is 2. The summed E-state index contributed by atoms with van der Waals surface area (Å²) in [6.07, 6.45) is 15.9. The predicted octanol–water partition coefficient (Wildman–Crippen LogP) is 6.89. The van der Waals surface area contributed by atoms with Gasteiger partial charge in [0.25, 0.3) is 0 Å². The Labute approximate surface area is 190 Å². The van der Waals surface area contributed by atoms with Gasteiger partial charge in [-0.3, -0.25) is 9.59 Å². The zero-order valence-electron chi connectivity index (χ0n) is 20.6. The first-order valence-corrected chi connectivity index (χ1v) is 12.5. The zero-order valence-corrected chi connectivity index (χ0v) is 20.6. The largest absolute Gasteiger partial charge is 0.465 e. The molecular weight excluding hydrogens is 388 g/mol. The molecular formula is C27H46O4. The second-order valence-corrected chi connectivity index (χ2v) is 9.36. The van der Waals surface area contributed by atoms with Crippen LogP contribution in [0.2, 0.25) is 0 Å².